The second kappa shape index (κ2) is 7.60. The molecular weight excluding hydrogens is 332 g/mol. The van der Waals surface area contributed by atoms with E-state index in [1.54, 1.807) is 42.4 Å². The number of amides is 1. The number of non-ortho nitro benzene ring substituents is 1. The Morgan fingerprint density at radius 1 is 1.15 bits per heavy atom. The Bertz CT molecular complexity index is 905. The quantitative estimate of drug-likeness (QED) is 0.505. The Morgan fingerprint density at radius 3 is 2.58 bits per heavy atom. The van der Waals surface area contributed by atoms with Gasteiger partial charge in [0, 0.05) is 43.7 Å². The molecule has 0 atom stereocenters. The molecule has 3 rings (SSSR count). The first kappa shape index (κ1) is 17.3. The summed E-state index contributed by atoms with van der Waals surface area (Å²) in [7, 11) is 1.68. The van der Waals surface area contributed by atoms with Gasteiger partial charge in [0.25, 0.3) is 11.6 Å². The average Bonchev–Trinajstić information content (AvgIpc) is 3.15. The van der Waals surface area contributed by atoms with Crippen LogP contribution >= 0.6 is 0 Å². The topological polar surface area (TPSA) is 81.3 Å². The molecule has 0 aliphatic rings. The number of nitro benzene ring substituents is 1. The molecule has 0 saturated carbocycles. The predicted octanol–water partition coefficient (Wildman–Crippen LogP) is 3.11. The minimum atomic E-state index is -0.441. The fourth-order valence-electron chi connectivity index (χ4n) is 2.67. The molecule has 0 fully saturated rings. The number of carbonyl (C=O) groups excluding carboxylic acids is 1. The minimum absolute atomic E-state index is 0.0197. The van der Waals surface area contributed by atoms with Gasteiger partial charge < -0.3 is 4.90 Å². The number of nitro groups is 1. The van der Waals surface area contributed by atoms with Crippen molar-refractivity contribution in [3.8, 4) is 0 Å². The lowest BCUT2D eigenvalue weighted by molar-refractivity contribution is -0.384. The second-order valence-corrected chi connectivity index (χ2v) is 5.99. The molecule has 0 radical (unpaired) electrons. The van der Waals surface area contributed by atoms with Crippen LogP contribution < -0.4 is 0 Å². The highest BCUT2D eigenvalue weighted by Gasteiger charge is 2.14. The van der Waals surface area contributed by atoms with Gasteiger partial charge in [0.05, 0.1) is 11.5 Å². The second-order valence-electron chi connectivity index (χ2n) is 5.99. The first-order valence-corrected chi connectivity index (χ1v) is 8.08. The van der Waals surface area contributed by atoms with E-state index >= 15 is 0 Å². The lowest BCUT2D eigenvalue weighted by Gasteiger charge is -2.17. The van der Waals surface area contributed by atoms with E-state index in [0.717, 1.165) is 5.56 Å². The van der Waals surface area contributed by atoms with E-state index in [9.17, 15) is 14.9 Å². The van der Waals surface area contributed by atoms with E-state index in [4.69, 9.17) is 0 Å². The van der Waals surface area contributed by atoms with Gasteiger partial charge in [0.1, 0.15) is 0 Å². The van der Waals surface area contributed by atoms with Crippen molar-refractivity contribution in [2.75, 3.05) is 7.05 Å². The number of aromatic nitrogens is 2. The molecule has 3 aromatic rings. The van der Waals surface area contributed by atoms with Crippen molar-refractivity contribution in [2.24, 2.45) is 0 Å². The molecule has 0 bridgehead atoms. The van der Waals surface area contributed by atoms with Gasteiger partial charge in [-0.1, -0.05) is 24.3 Å². The maximum Gasteiger partial charge on any atom is 0.269 e. The summed E-state index contributed by atoms with van der Waals surface area (Å²) in [4.78, 5) is 24.5. The van der Waals surface area contributed by atoms with Crippen LogP contribution in [0.2, 0.25) is 0 Å². The summed E-state index contributed by atoms with van der Waals surface area (Å²) in [5.41, 5.74) is 2.35. The van der Waals surface area contributed by atoms with Crippen LogP contribution in [0.3, 0.4) is 0 Å². The Labute approximate surface area is 150 Å². The van der Waals surface area contributed by atoms with Crippen LogP contribution in [0.1, 0.15) is 21.5 Å². The Kier molecular flexibility index (Phi) is 5.07. The summed E-state index contributed by atoms with van der Waals surface area (Å²) in [5.74, 6) is -0.137. The molecule has 0 aliphatic carbocycles. The van der Waals surface area contributed by atoms with Crippen molar-refractivity contribution in [1.29, 1.82) is 0 Å². The summed E-state index contributed by atoms with van der Waals surface area (Å²) in [5, 5.41) is 15.0. The first-order chi connectivity index (χ1) is 12.5. The van der Waals surface area contributed by atoms with Gasteiger partial charge in [-0.05, 0) is 29.3 Å². The number of hydrogen-bond donors (Lipinski definition) is 0. The van der Waals surface area contributed by atoms with Crippen LogP contribution in [-0.2, 0) is 13.1 Å². The van der Waals surface area contributed by atoms with Crippen molar-refractivity contribution >= 4 is 11.6 Å². The standard InChI is InChI=1S/C19H18N4O3/c1-21(13-16-4-2-5-18(12-16)23(25)26)19(24)17-8-6-15(7-9-17)14-22-11-3-10-20-22/h2-12H,13-14H2,1H3. The first-order valence-electron chi connectivity index (χ1n) is 8.08. The van der Waals surface area contributed by atoms with Gasteiger partial charge in [0.15, 0.2) is 0 Å². The van der Waals surface area contributed by atoms with E-state index in [1.807, 2.05) is 29.1 Å². The van der Waals surface area contributed by atoms with Gasteiger partial charge in [-0.15, -0.1) is 0 Å². The van der Waals surface area contributed by atoms with Crippen LogP contribution in [0.5, 0.6) is 0 Å². The molecule has 0 spiro atoms. The molecule has 132 valence electrons. The van der Waals surface area contributed by atoms with Crippen molar-refractivity contribution in [3.63, 3.8) is 0 Å². The van der Waals surface area contributed by atoms with Crippen molar-refractivity contribution in [2.45, 2.75) is 13.1 Å². The number of benzene rings is 2. The average molecular weight is 350 g/mol. The highest BCUT2D eigenvalue weighted by Crippen LogP contribution is 2.16. The third kappa shape index (κ3) is 4.13. The molecule has 0 N–H and O–H groups in total. The fourth-order valence-corrected chi connectivity index (χ4v) is 2.67. The third-order valence-corrected chi connectivity index (χ3v) is 3.99. The Morgan fingerprint density at radius 2 is 1.92 bits per heavy atom. The molecule has 2 aromatic carbocycles. The summed E-state index contributed by atoms with van der Waals surface area (Å²) in [6.45, 7) is 0.945. The van der Waals surface area contributed by atoms with Crippen molar-refractivity contribution in [3.05, 3.63) is 93.8 Å². The maximum absolute atomic E-state index is 12.6. The molecule has 1 aromatic heterocycles. The molecule has 0 saturated heterocycles. The molecule has 0 unspecified atom stereocenters. The van der Waals surface area contributed by atoms with Gasteiger partial charge in [-0.25, -0.2) is 0 Å². The summed E-state index contributed by atoms with van der Waals surface area (Å²) in [6, 6.07) is 15.5. The summed E-state index contributed by atoms with van der Waals surface area (Å²) < 4.78 is 1.81. The summed E-state index contributed by atoms with van der Waals surface area (Å²) >= 11 is 0. The smallest absolute Gasteiger partial charge is 0.269 e. The molecule has 0 aliphatic heterocycles. The Hall–Kier alpha value is -3.48. The van der Waals surface area contributed by atoms with E-state index in [-0.39, 0.29) is 11.6 Å². The zero-order chi connectivity index (χ0) is 18.5. The van der Waals surface area contributed by atoms with E-state index < -0.39 is 4.92 Å². The molecule has 26 heavy (non-hydrogen) atoms. The van der Waals surface area contributed by atoms with Crippen LogP contribution in [0.25, 0.3) is 0 Å². The largest absolute Gasteiger partial charge is 0.337 e. The zero-order valence-corrected chi connectivity index (χ0v) is 14.3. The molecule has 1 heterocycles. The van der Waals surface area contributed by atoms with Crippen LogP contribution in [-0.4, -0.2) is 32.6 Å². The van der Waals surface area contributed by atoms with Crippen LogP contribution in [0.4, 0.5) is 5.69 Å². The van der Waals surface area contributed by atoms with E-state index in [1.165, 1.54) is 12.1 Å². The maximum atomic E-state index is 12.6. The molecule has 7 heteroatoms. The number of carbonyl (C=O) groups is 1. The number of hydrogen-bond acceptors (Lipinski definition) is 4. The van der Waals surface area contributed by atoms with Crippen molar-refractivity contribution < 1.29 is 9.72 Å². The zero-order valence-electron chi connectivity index (χ0n) is 14.3. The summed E-state index contributed by atoms with van der Waals surface area (Å²) in [6.07, 6.45) is 3.60. The molecule has 7 nitrogen and oxygen atoms in total. The lowest BCUT2D eigenvalue weighted by atomic mass is 10.1. The lowest BCUT2D eigenvalue weighted by Crippen LogP contribution is -2.26. The third-order valence-electron chi connectivity index (χ3n) is 3.99. The predicted molar refractivity (Wildman–Crippen MR) is 96.7 cm³/mol. The van der Waals surface area contributed by atoms with Crippen LogP contribution in [0, 0.1) is 10.1 Å². The van der Waals surface area contributed by atoms with Crippen LogP contribution in [0.15, 0.2) is 67.0 Å². The van der Waals surface area contributed by atoms with E-state index in [0.29, 0.717) is 24.2 Å². The normalized spacial score (nSPS) is 10.5. The highest BCUT2D eigenvalue weighted by molar-refractivity contribution is 5.94. The number of rotatable bonds is 6. The molecule has 1 amide bonds. The van der Waals surface area contributed by atoms with Gasteiger partial charge >= 0.3 is 0 Å². The SMILES string of the molecule is CN(Cc1cccc([N+](=O)[O-])c1)C(=O)c1ccc(Cn2cccn2)cc1. The minimum Gasteiger partial charge on any atom is -0.337 e. The Balaban J connectivity index is 1.66. The fraction of sp³-hybridized carbons (Fsp3) is 0.158. The molecular formula is C19H18N4O3. The van der Waals surface area contributed by atoms with Gasteiger partial charge in [-0.2, -0.15) is 5.10 Å². The van der Waals surface area contributed by atoms with Crippen molar-refractivity contribution in [1.82, 2.24) is 14.7 Å². The highest BCUT2D eigenvalue weighted by atomic mass is 16.6. The van der Waals surface area contributed by atoms with Gasteiger partial charge in [-0.3, -0.25) is 19.6 Å². The van der Waals surface area contributed by atoms with E-state index in [2.05, 4.69) is 5.10 Å². The number of nitrogens with zero attached hydrogens (tertiary/aromatic N) is 4. The van der Waals surface area contributed by atoms with Gasteiger partial charge in [0.2, 0.25) is 0 Å². The monoisotopic (exact) mass is 350 g/mol.